The molecule has 348 valence electrons. The molecule has 0 aliphatic carbocycles. The van der Waals surface area contributed by atoms with Crippen LogP contribution in [0.2, 0.25) is 0 Å². The molecule has 0 spiro atoms. The quantitative estimate of drug-likeness (QED) is 0.0600. The number of carboxylic acids is 1. The van der Waals surface area contributed by atoms with Crippen molar-refractivity contribution in [3.63, 3.8) is 0 Å². The Morgan fingerprint density at radius 3 is 0.879 bits per heavy atom. The minimum Gasteiger partial charge on any atom is -0.479 e. The number of hydrogen-bond donors (Lipinski definition) is 2. The van der Waals surface area contributed by atoms with Gasteiger partial charge < -0.3 is 10.2 Å². The molecule has 4 heteroatoms. The van der Waals surface area contributed by atoms with Crippen LogP contribution in [-0.4, -0.2) is 28.1 Å². The molecule has 0 radical (unpaired) electrons. The minimum absolute atomic E-state index is 0.279. The summed E-state index contributed by atoms with van der Waals surface area (Å²) in [6, 6.07) is 0. The van der Waals surface area contributed by atoms with Gasteiger partial charge in [0.05, 0.1) is 0 Å². The van der Waals surface area contributed by atoms with E-state index in [4.69, 9.17) is 5.11 Å². The molecule has 2 atom stereocenters. The smallest absolute Gasteiger partial charge is 0.332 e. The molecule has 0 amide bonds. The highest BCUT2D eigenvalue weighted by Crippen LogP contribution is 2.23. The van der Waals surface area contributed by atoms with E-state index in [1.165, 1.54) is 218 Å². The van der Waals surface area contributed by atoms with Gasteiger partial charge in [-0.1, -0.05) is 285 Å². The first-order valence-electron chi connectivity index (χ1n) is 26.7. The number of carbonyl (C=O) groups excluding carboxylic acids is 1. The van der Waals surface area contributed by atoms with Crippen molar-refractivity contribution in [2.45, 2.75) is 323 Å². The fraction of sp³-hybridized carbons (Fsp3) is 0.963. The molecule has 0 heterocycles. The number of aliphatic carboxylic acids is 1. The third-order valence-corrected chi connectivity index (χ3v) is 12.6. The molecular weight excluding hydrogens is 713 g/mol. The molecule has 0 saturated carbocycles. The summed E-state index contributed by atoms with van der Waals surface area (Å²) >= 11 is 0. The number of carboxylic acid groups (broad SMARTS) is 1. The molecule has 2 N–H and O–H groups in total. The van der Waals surface area contributed by atoms with Gasteiger partial charge in [0.15, 0.2) is 6.10 Å². The summed E-state index contributed by atoms with van der Waals surface area (Å²) in [6.45, 7) is 11.5. The average Bonchev–Trinajstić information content (AvgIpc) is 3.21. The number of carbonyl (C=O) groups is 2. The van der Waals surface area contributed by atoms with Gasteiger partial charge in [-0.15, -0.1) is 0 Å². The van der Waals surface area contributed by atoms with E-state index < -0.39 is 12.1 Å². The molecule has 0 aromatic carbocycles. The lowest BCUT2D eigenvalue weighted by Crippen LogP contribution is -2.18. The van der Waals surface area contributed by atoms with E-state index in [1.54, 1.807) is 0 Å². The summed E-state index contributed by atoms with van der Waals surface area (Å²) in [4.78, 5) is 23.7. The summed E-state index contributed by atoms with van der Waals surface area (Å²) in [7, 11) is 0. The standard InChI is InChI=1S/C36H70O4.C18H38/c1-3-5-7-9-10-11-12-13-14-15-16-17-20-23-27-31-34(37)33(29-25-8-6-4-2)30-26-22-19-18-21-24-28-32-35(38)36(39)40;1-4-5-6-7-8-9-10-11-12-13-14-15-16-17-18(2)3/h33,35,38H,3-32H2,1-2H3,(H,39,40);18H,4-17H2,1-3H3. The molecule has 0 aliphatic rings. The Morgan fingerprint density at radius 2 is 0.586 bits per heavy atom. The predicted octanol–water partition coefficient (Wildman–Crippen LogP) is 18.5. The van der Waals surface area contributed by atoms with Crippen molar-refractivity contribution >= 4 is 11.8 Å². The maximum atomic E-state index is 13.0. The number of rotatable bonds is 47. The summed E-state index contributed by atoms with van der Waals surface area (Å²) in [6.07, 6.45) is 55.5. The van der Waals surface area contributed by atoms with Crippen molar-refractivity contribution in [1.29, 1.82) is 0 Å². The van der Waals surface area contributed by atoms with Gasteiger partial charge in [-0.25, -0.2) is 4.79 Å². The highest BCUT2D eigenvalue weighted by molar-refractivity contribution is 5.80. The predicted molar refractivity (Wildman–Crippen MR) is 257 cm³/mol. The highest BCUT2D eigenvalue weighted by atomic mass is 16.4. The molecular formula is C54H108O4. The molecule has 58 heavy (non-hydrogen) atoms. The van der Waals surface area contributed by atoms with E-state index in [-0.39, 0.29) is 5.92 Å². The molecule has 0 aromatic heterocycles. The first kappa shape index (κ1) is 59.2. The Kier molecular flexibility index (Phi) is 51.5. The van der Waals surface area contributed by atoms with E-state index in [0.717, 1.165) is 63.7 Å². The van der Waals surface area contributed by atoms with Gasteiger partial charge in [0, 0.05) is 12.3 Å². The van der Waals surface area contributed by atoms with Crippen molar-refractivity contribution in [2.24, 2.45) is 11.8 Å². The lowest BCUT2D eigenvalue weighted by Gasteiger charge is -2.16. The molecule has 0 rings (SSSR count). The minimum atomic E-state index is -1.21. The maximum Gasteiger partial charge on any atom is 0.332 e. The van der Waals surface area contributed by atoms with Crippen LogP contribution >= 0.6 is 0 Å². The highest BCUT2D eigenvalue weighted by Gasteiger charge is 2.17. The monoisotopic (exact) mass is 821 g/mol. The second-order valence-electron chi connectivity index (χ2n) is 19.0. The van der Waals surface area contributed by atoms with Gasteiger partial charge in [-0.2, -0.15) is 0 Å². The van der Waals surface area contributed by atoms with Crippen molar-refractivity contribution < 1.29 is 19.8 Å². The van der Waals surface area contributed by atoms with Crippen LogP contribution in [-0.2, 0) is 9.59 Å². The second kappa shape index (κ2) is 50.5. The van der Waals surface area contributed by atoms with Crippen molar-refractivity contribution in [1.82, 2.24) is 0 Å². The van der Waals surface area contributed by atoms with Gasteiger partial charge in [-0.05, 0) is 31.6 Å². The van der Waals surface area contributed by atoms with Crippen LogP contribution in [0.4, 0.5) is 0 Å². The molecule has 0 aliphatic heterocycles. The summed E-state index contributed by atoms with van der Waals surface area (Å²) < 4.78 is 0. The van der Waals surface area contributed by atoms with Gasteiger partial charge in [0.1, 0.15) is 5.78 Å². The lowest BCUT2D eigenvalue weighted by atomic mass is 9.88. The zero-order chi connectivity index (χ0) is 43.0. The Morgan fingerprint density at radius 1 is 0.345 bits per heavy atom. The van der Waals surface area contributed by atoms with Gasteiger partial charge in [0.25, 0.3) is 0 Å². The van der Waals surface area contributed by atoms with Crippen LogP contribution in [0.15, 0.2) is 0 Å². The van der Waals surface area contributed by atoms with Crippen molar-refractivity contribution in [3.05, 3.63) is 0 Å². The Labute approximate surface area is 365 Å². The third kappa shape index (κ3) is 49.5. The van der Waals surface area contributed by atoms with E-state index in [9.17, 15) is 14.7 Å². The van der Waals surface area contributed by atoms with E-state index in [2.05, 4.69) is 34.6 Å². The van der Waals surface area contributed by atoms with E-state index in [1.807, 2.05) is 0 Å². The number of hydrogen-bond acceptors (Lipinski definition) is 3. The fourth-order valence-electron chi connectivity index (χ4n) is 8.46. The normalized spacial score (nSPS) is 12.5. The zero-order valence-electron chi connectivity index (χ0n) is 40.6. The third-order valence-electron chi connectivity index (χ3n) is 12.6. The van der Waals surface area contributed by atoms with Crippen LogP contribution < -0.4 is 0 Å². The molecule has 0 bridgehead atoms. The van der Waals surface area contributed by atoms with Crippen LogP contribution in [0.25, 0.3) is 0 Å². The van der Waals surface area contributed by atoms with Crippen LogP contribution in [0.1, 0.15) is 317 Å². The number of aliphatic hydroxyl groups excluding tert-OH is 1. The summed E-state index contributed by atoms with van der Waals surface area (Å²) in [5, 5.41) is 18.0. The van der Waals surface area contributed by atoms with Crippen molar-refractivity contribution in [2.75, 3.05) is 0 Å². The van der Waals surface area contributed by atoms with E-state index in [0.29, 0.717) is 12.2 Å². The molecule has 0 aromatic rings. The average molecular weight is 821 g/mol. The zero-order valence-corrected chi connectivity index (χ0v) is 40.6. The fourth-order valence-corrected chi connectivity index (χ4v) is 8.46. The summed E-state index contributed by atoms with van der Waals surface area (Å²) in [5.74, 6) is 0.597. The topological polar surface area (TPSA) is 74.6 Å². The first-order valence-corrected chi connectivity index (χ1v) is 26.7. The second-order valence-corrected chi connectivity index (χ2v) is 19.0. The molecule has 2 unspecified atom stereocenters. The lowest BCUT2D eigenvalue weighted by molar-refractivity contribution is -0.147. The number of unbranched alkanes of at least 4 members (excludes halogenated alkanes) is 35. The van der Waals surface area contributed by atoms with Gasteiger partial charge in [0.2, 0.25) is 0 Å². The number of Topliss-reactive ketones (excluding diaryl/α,β-unsaturated/α-hetero) is 1. The Hall–Kier alpha value is -0.900. The summed E-state index contributed by atoms with van der Waals surface area (Å²) in [5.41, 5.74) is 0. The van der Waals surface area contributed by atoms with Gasteiger partial charge in [-0.3, -0.25) is 4.79 Å². The van der Waals surface area contributed by atoms with Crippen LogP contribution in [0.3, 0.4) is 0 Å². The number of aliphatic hydroxyl groups is 1. The van der Waals surface area contributed by atoms with E-state index >= 15 is 0 Å². The molecule has 4 nitrogen and oxygen atoms in total. The Bertz CT molecular complexity index is 794. The first-order chi connectivity index (χ1) is 28.3. The van der Waals surface area contributed by atoms with Crippen LogP contribution in [0, 0.1) is 11.8 Å². The SMILES string of the molecule is CCCCCCCCCCCCCCCC(C)C.CCCCCCCCCCCCCCCCCC(=O)C(CCCCCC)CCCCCCCCCC(O)C(=O)O. The largest absolute Gasteiger partial charge is 0.479 e. The Balaban J connectivity index is 0. The molecule has 0 fully saturated rings. The van der Waals surface area contributed by atoms with Crippen molar-refractivity contribution in [3.8, 4) is 0 Å². The maximum absolute atomic E-state index is 13.0. The van der Waals surface area contributed by atoms with Gasteiger partial charge >= 0.3 is 5.97 Å². The van der Waals surface area contributed by atoms with Crippen LogP contribution in [0.5, 0.6) is 0 Å². The number of ketones is 1. The molecule has 0 saturated heterocycles.